The summed E-state index contributed by atoms with van der Waals surface area (Å²) in [6.07, 6.45) is 1.23. The molecule has 3 rings (SSSR count). The minimum absolute atomic E-state index is 0.0676. The molecule has 1 aliphatic heterocycles. The third kappa shape index (κ3) is 3.60. The molecular formula is C17H13FN2O2S. The summed E-state index contributed by atoms with van der Waals surface area (Å²) in [7, 11) is 0. The smallest absolute Gasteiger partial charge is 0.262 e. The first-order chi connectivity index (χ1) is 11.1. The first-order valence-electron chi connectivity index (χ1n) is 6.94. The molecule has 0 bridgehead atoms. The van der Waals surface area contributed by atoms with Crippen LogP contribution in [0.5, 0.6) is 0 Å². The van der Waals surface area contributed by atoms with Crippen molar-refractivity contribution in [3.63, 3.8) is 0 Å². The lowest BCUT2D eigenvalue weighted by Crippen LogP contribution is -2.24. The van der Waals surface area contributed by atoms with Crippen LogP contribution >= 0.6 is 11.8 Å². The zero-order valence-electron chi connectivity index (χ0n) is 12.0. The van der Waals surface area contributed by atoms with E-state index in [0.717, 1.165) is 10.6 Å². The average Bonchev–Trinajstić information content (AvgIpc) is 2.55. The number of carbonyl (C=O) groups excluding carboxylic acids is 2. The van der Waals surface area contributed by atoms with Gasteiger partial charge in [-0.3, -0.25) is 9.59 Å². The minimum atomic E-state index is -0.440. The molecule has 1 aliphatic rings. The second-order valence-corrected chi connectivity index (χ2v) is 5.95. The molecule has 116 valence electrons. The highest BCUT2D eigenvalue weighted by atomic mass is 32.2. The van der Waals surface area contributed by atoms with Crippen LogP contribution < -0.4 is 10.6 Å². The normalized spacial score (nSPS) is 15.0. The Morgan fingerprint density at radius 1 is 1.17 bits per heavy atom. The summed E-state index contributed by atoms with van der Waals surface area (Å²) >= 11 is 1.23. The third-order valence-electron chi connectivity index (χ3n) is 3.25. The van der Waals surface area contributed by atoms with E-state index in [4.69, 9.17) is 0 Å². The Balaban J connectivity index is 1.68. The van der Waals surface area contributed by atoms with Crippen LogP contribution in [-0.2, 0) is 16.1 Å². The standard InChI is InChI=1S/C17H13FN2O2S/c18-12-6-2-1-5-11(12)10-19-16(21)9-15-17(22)20-13-7-3-4-8-14(13)23-15/h1-9H,10H2,(H,19,21)(H,20,22)/b15-9-. The average molecular weight is 328 g/mol. The monoisotopic (exact) mass is 328 g/mol. The molecule has 0 spiro atoms. The summed E-state index contributed by atoms with van der Waals surface area (Å²) in [6.45, 7) is 0.0676. The number of halogens is 1. The summed E-state index contributed by atoms with van der Waals surface area (Å²) in [5.41, 5.74) is 1.12. The molecule has 6 heteroatoms. The van der Waals surface area contributed by atoms with E-state index in [9.17, 15) is 14.0 Å². The van der Waals surface area contributed by atoms with Gasteiger partial charge in [-0.1, -0.05) is 42.1 Å². The molecule has 2 N–H and O–H groups in total. The second kappa shape index (κ2) is 6.66. The van der Waals surface area contributed by atoms with Gasteiger partial charge in [-0.25, -0.2) is 4.39 Å². The maximum absolute atomic E-state index is 13.5. The molecular weight excluding hydrogens is 315 g/mol. The SMILES string of the molecule is O=C(/C=C1\Sc2ccccc2NC1=O)NCc1ccccc1F. The summed E-state index contributed by atoms with van der Waals surface area (Å²) in [5, 5.41) is 5.31. The van der Waals surface area contributed by atoms with Crippen LogP contribution in [0.25, 0.3) is 0 Å². The zero-order chi connectivity index (χ0) is 16.2. The predicted molar refractivity (Wildman–Crippen MR) is 87.3 cm³/mol. The van der Waals surface area contributed by atoms with Crippen molar-refractivity contribution in [2.24, 2.45) is 0 Å². The fraction of sp³-hybridized carbons (Fsp3) is 0.0588. The summed E-state index contributed by atoms with van der Waals surface area (Å²) in [6, 6.07) is 13.6. The lowest BCUT2D eigenvalue weighted by Gasteiger charge is -2.18. The van der Waals surface area contributed by atoms with E-state index >= 15 is 0 Å². The lowest BCUT2D eigenvalue weighted by molar-refractivity contribution is -0.117. The van der Waals surface area contributed by atoms with Crippen molar-refractivity contribution in [1.82, 2.24) is 5.32 Å². The second-order valence-electron chi connectivity index (χ2n) is 4.87. The van der Waals surface area contributed by atoms with Crippen molar-refractivity contribution in [3.05, 3.63) is 70.9 Å². The molecule has 0 aliphatic carbocycles. The van der Waals surface area contributed by atoms with Crippen molar-refractivity contribution in [2.45, 2.75) is 11.4 Å². The van der Waals surface area contributed by atoms with Crippen LogP contribution in [0.2, 0.25) is 0 Å². The van der Waals surface area contributed by atoms with Crippen molar-refractivity contribution >= 4 is 29.3 Å². The van der Waals surface area contributed by atoms with E-state index in [1.54, 1.807) is 24.3 Å². The maximum Gasteiger partial charge on any atom is 0.262 e. The lowest BCUT2D eigenvalue weighted by atomic mass is 10.2. The Morgan fingerprint density at radius 2 is 1.91 bits per heavy atom. The minimum Gasteiger partial charge on any atom is -0.348 e. The van der Waals surface area contributed by atoms with Crippen molar-refractivity contribution in [1.29, 1.82) is 0 Å². The number of carbonyl (C=O) groups is 2. The van der Waals surface area contributed by atoms with E-state index in [1.807, 2.05) is 18.2 Å². The molecule has 1 heterocycles. The van der Waals surface area contributed by atoms with Gasteiger partial charge in [0.25, 0.3) is 5.91 Å². The number of anilines is 1. The Kier molecular flexibility index (Phi) is 4.43. The topological polar surface area (TPSA) is 58.2 Å². The quantitative estimate of drug-likeness (QED) is 0.852. The Bertz CT molecular complexity index is 805. The number of rotatable bonds is 3. The highest BCUT2D eigenvalue weighted by molar-refractivity contribution is 8.04. The molecule has 2 aromatic carbocycles. The van der Waals surface area contributed by atoms with Gasteiger partial charge in [-0.15, -0.1) is 0 Å². The maximum atomic E-state index is 13.5. The highest BCUT2D eigenvalue weighted by Crippen LogP contribution is 2.37. The van der Waals surface area contributed by atoms with Gasteiger partial charge in [0.1, 0.15) is 5.82 Å². The van der Waals surface area contributed by atoms with Crippen molar-refractivity contribution < 1.29 is 14.0 Å². The summed E-state index contributed by atoms with van der Waals surface area (Å²) in [4.78, 5) is 25.1. The van der Waals surface area contributed by atoms with Gasteiger partial charge in [-0.2, -0.15) is 0 Å². The van der Waals surface area contributed by atoms with E-state index in [0.29, 0.717) is 10.5 Å². The van der Waals surface area contributed by atoms with Gasteiger partial charge < -0.3 is 10.6 Å². The number of thioether (sulfide) groups is 1. The van der Waals surface area contributed by atoms with Crippen LogP contribution in [0.3, 0.4) is 0 Å². The Labute approximate surface area is 136 Å². The van der Waals surface area contributed by atoms with Gasteiger partial charge in [0.05, 0.1) is 10.6 Å². The largest absolute Gasteiger partial charge is 0.348 e. The molecule has 4 nitrogen and oxygen atoms in total. The van der Waals surface area contributed by atoms with E-state index in [1.165, 1.54) is 23.9 Å². The molecule has 0 atom stereocenters. The number of hydrogen-bond donors (Lipinski definition) is 2. The first kappa shape index (κ1) is 15.3. The Morgan fingerprint density at radius 3 is 2.74 bits per heavy atom. The molecule has 2 amide bonds. The number of amides is 2. The van der Waals surface area contributed by atoms with Crippen LogP contribution in [0.4, 0.5) is 10.1 Å². The number of benzene rings is 2. The van der Waals surface area contributed by atoms with Gasteiger partial charge in [0.15, 0.2) is 0 Å². The number of para-hydroxylation sites is 1. The molecule has 0 unspecified atom stereocenters. The van der Waals surface area contributed by atoms with Gasteiger partial charge in [0.2, 0.25) is 5.91 Å². The highest BCUT2D eigenvalue weighted by Gasteiger charge is 2.21. The molecule has 0 fully saturated rings. The Hall–Kier alpha value is -2.60. The van der Waals surface area contributed by atoms with Gasteiger partial charge in [-0.05, 0) is 18.2 Å². The summed E-state index contributed by atoms with van der Waals surface area (Å²) < 4.78 is 13.5. The molecule has 0 radical (unpaired) electrons. The molecule has 0 aromatic heterocycles. The summed E-state index contributed by atoms with van der Waals surface area (Å²) in [5.74, 6) is -1.14. The fourth-order valence-corrected chi connectivity index (χ4v) is 3.02. The van der Waals surface area contributed by atoms with Crippen LogP contribution in [0.1, 0.15) is 5.56 Å². The van der Waals surface area contributed by atoms with E-state index < -0.39 is 5.91 Å². The molecule has 2 aromatic rings. The number of fused-ring (bicyclic) bond motifs is 1. The number of nitrogens with one attached hydrogen (secondary N) is 2. The fourth-order valence-electron chi connectivity index (χ4n) is 2.10. The molecule has 0 saturated heterocycles. The molecule has 0 saturated carbocycles. The number of hydrogen-bond acceptors (Lipinski definition) is 3. The first-order valence-corrected chi connectivity index (χ1v) is 7.76. The van der Waals surface area contributed by atoms with Crippen LogP contribution in [-0.4, -0.2) is 11.8 Å². The van der Waals surface area contributed by atoms with Gasteiger partial charge in [0, 0.05) is 23.1 Å². The zero-order valence-corrected chi connectivity index (χ0v) is 12.8. The van der Waals surface area contributed by atoms with Gasteiger partial charge >= 0.3 is 0 Å². The third-order valence-corrected chi connectivity index (χ3v) is 4.35. The van der Waals surface area contributed by atoms with E-state index in [-0.39, 0.29) is 18.3 Å². The van der Waals surface area contributed by atoms with Crippen molar-refractivity contribution in [3.8, 4) is 0 Å². The van der Waals surface area contributed by atoms with Crippen LogP contribution in [0, 0.1) is 5.82 Å². The van der Waals surface area contributed by atoms with Crippen molar-refractivity contribution in [2.75, 3.05) is 5.32 Å². The van der Waals surface area contributed by atoms with Crippen LogP contribution in [0.15, 0.2) is 64.4 Å². The molecule has 23 heavy (non-hydrogen) atoms. The predicted octanol–water partition coefficient (Wildman–Crippen LogP) is 3.07. The van der Waals surface area contributed by atoms with E-state index in [2.05, 4.69) is 10.6 Å².